The SMILES string of the molecule is Cc1nc(Cl)c2scc(I)c2n1. The van der Waals surface area contributed by atoms with Gasteiger partial charge in [-0.25, -0.2) is 9.97 Å². The Kier molecular flexibility index (Phi) is 2.22. The van der Waals surface area contributed by atoms with Crippen LogP contribution in [0.25, 0.3) is 10.2 Å². The largest absolute Gasteiger partial charge is 0.231 e. The lowest BCUT2D eigenvalue weighted by molar-refractivity contribution is 1.09. The zero-order valence-electron chi connectivity index (χ0n) is 6.14. The van der Waals surface area contributed by atoms with Gasteiger partial charge in [-0.2, -0.15) is 0 Å². The van der Waals surface area contributed by atoms with Crippen molar-refractivity contribution in [3.05, 3.63) is 19.9 Å². The van der Waals surface area contributed by atoms with E-state index < -0.39 is 0 Å². The van der Waals surface area contributed by atoms with E-state index in [9.17, 15) is 0 Å². The Bertz CT molecular complexity index is 440. The Morgan fingerprint density at radius 2 is 2.25 bits per heavy atom. The fraction of sp³-hybridized carbons (Fsp3) is 0.143. The van der Waals surface area contributed by atoms with E-state index in [0.717, 1.165) is 19.6 Å². The summed E-state index contributed by atoms with van der Waals surface area (Å²) < 4.78 is 2.12. The fourth-order valence-corrected chi connectivity index (χ4v) is 3.00. The highest BCUT2D eigenvalue weighted by Crippen LogP contribution is 2.30. The van der Waals surface area contributed by atoms with Gasteiger partial charge in [-0.3, -0.25) is 0 Å². The number of aryl methyl sites for hydroxylation is 1. The Morgan fingerprint density at radius 3 is 3.00 bits per heavy atom. The number of aromatic nitrogens is 2. The van der Waals surface area contributed by atoms with Crippen molar-refractivity contribution in [2.24, 2.45) is 0 Å². The van der Waals surface area contributed by atoms with Gasteiger partial charge in [-0.05, 0) is 29.5 Å². The molecular formula is C7H4ClIN2S. The molecule has 0 aromatic carbocycles. The van der Waals surface area contributed by atoms with E-state index in [1.807, 2.05) is 12.3 Å². The normalized spacial score (nSPS) is 10.9. The van der Waals surface area contributed by atoms with Crippen molar-refractivity contribution >= 4 is 55.7 Å². The maximum atomic E-state index is 5.93. The summed E-state index contributed by atoms with van der Waals surface area (Å²) in [5.41, 5.74) is 0.970. The Hall–Kier alpha value is 0.0600. The van der Waals surface area contributed by atoms with Gasteiger partial charge in [0.2, 0.25) is 0 Å². The average Bonchev–Trinajstić information content (AvgIpc) is 2.33. The number of halogens is 2. The van der Waals surface area contributed by atoms with Crippen LogP contribution in [0.4, 0.5) is 0 Å². The van der Waals surface area contributed by atoms with Crippen LogP contribution in [0.15, 0.2) is 5.38 Å². The zero-order chi connectivity index (χ0) is 8.72. The minimum atomic E-state index is 0.561. The van der Waals surface area contributed by atoms with Crippen molar-refractivity contribution in [2.45, 2.75) is 6.92 Å². The first kappa shape index (κ1) is 8.65. The monoisotopic (exact) mass is 310 g/mol. The molecule has 2 aromatic rings. The van der Waals surface area contributed by atoms with Crippen LogP contribution >= 0.6 is 45.5 Å². The molecule has 2 heterocycles. The van der Waals surface area contributed by atoms with Gasteiger partial charge in [-0.15, -0.1) is 11.3 Å². The maximum Gasteiger partial charge on any atom is 0.150 e. The molecule has 0 saturated heterocycles. The molecule has 0 aliphatic heterocycles. The van der Waals surface area contributed by atoms with Crippen molar-refractivity contribution in [3.63, 3.8) is 0 Å². The summed E-state index contributed by atoms with van der Waals surface area (Å²) in [6.07, 6.45) is 0. The van der Waals surface area contributed by atoms with Crippen molar-refractivity contribution in [2.75, 3.05) is 0 Å². The summed E-state index contributed by atoms with van der Waals surface area (Å²) in [6.45, 7) is 1.85. The molecule has 0 bridgehead atoms. The molecule has 0 radical (unpaired) electrons. The van der Waals surface area contributed by atoms with Crippen molar-refractivity contribution in [3.8, 4) is 0 Å². The molecule has 0 N–H and O–H groups in total. The van der Waals surface area contributed by atoms with E-state index >= 15 is 0 Å². The number of hydrogen-bond acceptors (Lipinski definition) is 3. The van der Waals surface area contributed by atoms with Gasteiger partial charge in [0.25, 0.3) is 0 Å². The van der Waals surface area contributed by atoms with Crippen LogP contribution in [-0.2, 0) is 0 Å². The van der Waals surface area contributed by atoms with Crippen molar-refractivity contribution in [1.29, 1.82) is 0 Å². The molecule has 2 aromatic heterocycles. The molecule has 0 atom stereocenters. The van der Waals surface area contributed by atoms with Crippen LogP contribution in [0, 0.1) is 10.5 Å². The smallest absolute Gasteiger partial charge is 0.150 e. The third kappa shape index (κ3) is 1.31. The average molecular weight is 311 g/mol. The Morgan fingerprint density at radius 1 is 1.50 bits per heavy atom. The van der Waals surface area contributed by atoms with Crippen LogP contribution in [0.1, 0.15) is 5.82 Å². The van der Waals surface area contributed by atoms with Crippen LogP contribution in [0.2, 0.25) is 5.15 Å². The summed E-state index contributed by atoms with van der Waals surface area (Å²) in [4.78, 5) is 8.38. The first-order chi connectivity index (χ1) is 5.68. The van der Waals surface area contributed by atoms with Gasteiger partial charge < -0.3 is 0 Å². The van der Waals surface area contributed by atoms with Gasteiger partial charge >= 0.3 is 0 Å². The molecular weight excluding hydrogens is 307 g/mol. The Labute approximate surface area is 92.1 Å². The van der Waals surface area contributed by atoms with Gasteiger partial charge in [0.1, 0.15) is 5.82 Å². The number of thiophene rings is 1. The lowest BCUT2D eigenvalue weighted by Gasteiger charge is -1.94. The summed E-state index contributed by atoms with van der Waals surface area (Å²) in [5, 5.41) is 2.59. The molecule has 0 fully saturated rings. The second kappa shape index (κ2) is 3.08. The second-order valence-corrected chi connectivity index (χ2v) is 4.72. The van der Waals surface area contributed by atoms with Gasteiger partial charge in [0.15, 0.2) is 5.15 Å². The van der Waals surface area contributed by atoms with E-state index in [4.69, 9.17) is 11.6 Å². The zero-order valence-corrected chi connectivity index (χ0v) is 9.87. The third-order valence-corrected chi connectivity index (χ3v) is 4.05. The minimum Gasteiger partial charge on any atom is -0.231 e. The van der Waals surface area contributed by atoms with Crippen molar-refractivity contribution in [1.82, 2.24) is 9.97 Å². The highest BCUT2D eigenvalue weighted by atomic mass is 127. The highest BCUT2D eigenvalue weighted by Gasteiger charge is 2.08. The van der Waals surface area contributed by atoms with Crippen LogP contribution in [-0.4, -0.2) is 9.97 Å². The second-order valence-electron chi connectivity index (χ2n) is 2.32. The lowest BCUT2D eigenvalue weighted by Crippen LogP contribution is -1.87. The predicted octanol–water partition coefficient (Wildman–Crippen LogP) is 3.26. The van der Waals surface area contributed by atoms with E-state index in [1.54, 1.807) is 11.3 Å². The van der Waals surface area contributed by atoms with Crippen LogP contribution < -0.4 is 0 Å². The molecule has 0 aliphatic carbocycles. The topological polar surface area (TPSA) is 25.8 Å². The standard InChI is InChI=1S/C7H4ClIN2S/c1-3-10-5-4(9)2-12-6(5)7(8)11-3/h2H,1H3. The first-order valence-electron chi connectivity index (χ1n) is 3.25. The van der Waals surface area contributed by atoms with E-state index in [2.05, 4.69) is 32.6 Å². The van der Waals surface area contributed by atoms with Gasteiger partial charge in [0, 0.05) is 5.38 Å². The molecule has 5 heteroatoms. The van der Waals surface area contributed by atoms with Crippen LogP contribution in [0.3, 0.4) is 0 Å². The fourth-order valence-electron chi connectivity index (χ4n) is 0.961. The molecule has 62 valence electrons. The van der Waals surface area contributed by atoms with Crippen LogP contribution in [0.5, 0.6) is 0 Å². The summed E-state index contributed by atoms with van der Waals surface area (Å²) in [7, 11) is 0. The van der Waals surface area contributed by atoms with Gasteiger partial charge in [0.05, 0.1) is 13.8 Å². The molecule has 0 spiro atoms. The minimum absolute atomic E-state index is 0.561. The molecule has 2 nitrogen and oxygen atoms in total. The summed E-state index contributed by atoms with van der Waals surface area (Å²) in [5.74, 6) is 0.726. The molecule has 0 aliphatic rings. The third-order valence-electron chi connectivity index (χ3n) is 1.44. The van der Waals surface area contributed by atoms with E-state index in [1.165, 1.54) is 0 Å². The number of hydrogen-bond donors (Lipinski definition) is 0. The first-order valence-corrected chi connectivity index (χ1v) is 5.59. The maximum absolute atomic E-state index is 5.93. The summed E-state index contributed by atoms with van der Waals surface area (Å²) >= 11 is 9.76. The predicted molar refractivity (Wildman–Crippen MR) is 59.9 cm³/mol. The lowest BCUT2D eigenvalue weighted by atomic mass is 10.4. The van der Waals surface area contributed by atoms with E-state index in [-0.39, 0.29) is 0 Å². The number of rotatable bonds is 0. The molecule has 0 amide bonds. The van der Waals surface area contributed by atoms with Gasteiger partial charge in [-0.1, -0.05) is 11.6 Å². The molecule has 0 unspecified atom stereocenters. The molecule has 12 heavy (non-hydrogen) atoms. The molecule has 2 rings (SSSR count). The van der Waals surface area contributed by atoms with E-state index in [0.29, 0.717) is 5.15 Å². The quantitative estimate of drug-likeness (QED) is 0.551. The van der Waals surface area contributed by atoms with Crippen molar-refractivity contribution < 1.29 is 0 Å². The number of nitrogens with zero attached hydrogens (tertiary/aromatic N) is 2. The highest BCUT2D eigenvalue weighted by molar-refractivity contribution is 14.1. The summed E-state index contributed by atoms with van der Waals surface area (Å²) in [6, 6.07) is 0. The number of fused-ring (bicyclic) bond motifs is 1. The Balaban J connectivity index is 2.92. The molecule has 0 saturated carbocycles.